The van der Waals surface area contributed by atoms with Crippen LogP contribution in [-0.2, 0) is 30.2 Å². The molecule has 0 aliphatic rings. The van der Waals surface area contributed by atoms with Crippen LogP contribution in [0.25, 0.3) is 5.69 Å². The van der Waals surface area contributed by atoms with Gasteiger partial charge < -0.3 is 9.15 Å². The van der Waals surface area contributed by atoms with Gasteiger partial charge in [-0.05, 0) is 55.1 Å². The Morgan fingerprint density at radius 3 is 2.66 bits per heavy atom. The van der Waals surface area contributed by atoms with Crippen LogP contribution in [0.3, 0.4) is 0 Å². The average Bonchev–Trinajstić information content (AvgIpc) is 3.40. The van der Waals surface area contributed by atoms with Crippen LogP contribution in [0.5, 0.6) is 0 Å². The number of rotatable bonds is 10. The first-order valence-corrected chi connectivity index (χ1v) is 11.5. The van der Waals surface area contributed by atoms with Crippen LogP contribution < -0.4 is 0 Å². The highest BCUT2D eigenvalue weighted by Crippen LogP contribution is 2.27. The van der Waals surface area contributed by atoms with Gasteiger partial charge in [0, 0.05) is 30.3 Å². The Hall–Kier alpha value is -2.65. The molecule has 7 nitrogen and oxygen atoms in total. The second-order valence-electron chi connectivity index (χ2n) is 7.33. The van der Waals surface area contributed by atoms with Crippen LogP contribution in [0.2, 0.25) is 5.02 Å². The summed E-state index contributed by atoms with van der Waals surface area (Å²) in [6.07, 6.45) is 3.59. The second kappa shape index (κ2) is 10.8. The number of hydrogen-bond acceptors (Lipinski definition) is 7. The third kappa shape index (κ3) is 5.77. The summed E-state index contributed by atoms with van der Waals surface area (Å²) in [6, 6.07) is 15.7. The first-order chi connectivity index (χ1) is 15.6. The summed E-state index contributed by atoms with van der Waals surface area (Å²) < 4.78 is 13.0. The van der Waals surface area contributed by atoms with Gasteiger partial charge in [0.25, 0.3) is 0 Å². The van der Waals surface area contributed by atoms with E-state index < -0.39 is 0 Å². The molecule has 3 heterocycles. The third-order valence-electron chi connectivity index (χ3n) is 4.73. The number of thioether (sulfide) groups is 1. The molecule has 4 rings (SSSR count). The lowest BCUT2D eigenvalue weighted by Crippen LogP contribution is -2.19. The van der Waals surface area contributed by atoms with Gasteiger partial charge in [-0.1, -0.05) is 29.4 Å². The molecule has 0 atom stereocenters. The molecule has 32 heavy (non-hydrogen) atoms. The predicted molar refractivity (Wildman–Crippen MR) is 125 cm³/mol. The SMILES string of the molecule is COCc1ccc(CN(C)Cc2nnc(SCc3ccncc3)n2-c2cccc(Cl)c2)o1. The molecule has 0 bridgehead atoms. The zero-order valence-electron chi connectivity index (χ0n) is 17.9. The van der Waals surface area contributed by atoms with Crippen LogP contribution >= 0.6 is 23.4 Å². The van der Waals surface area contributed by atoms with Crippen molar-refractivity contribution in [2.45, 2.75) is 30.6 Å². The molecule has 0 spiro atoms. The van der Waals surface area contributed by atoms with Crippen LogP contribution in [-0.4, -0.2) is 38.8 Å². The summed E-state index contributed by atoms with van der Waals surface area (Å²) in [5, 5.41) is 10.5. The largest absolute Gasteiger partial charge is 0.462 e. The number of methoxy groups -OCH3 is 1. The molecule has 0 aliphatic carbocycles. The van der Waals surface area contributed by atoms with E-state index in [0.29, 0.717) is 24.7 Å². The maximum absolute atomic E-state index is 6.28. The Bertz CT molecular complexity index is 1150. The standard InChI is InChI=1S/C23H24ClN5O2S/c1-28(13-20-6-7-21(31-20)15-30-2)14-22-26-27-23(32-16-17-8-10-25-11-9-17)29(22)19-5-3-4-18(24)12-19/h3-12H,13-16H2,1-2H3. The minimum atomic E-state index is 0.463. The normalized spacial score (nSPS) is 11.4. The summed E-state index contributed by atoms with van der Waals surface area (Å²) in [7, 11) is 3.68. The van der Waals surface area contributed by atoms with Crippen molar-refractivity contribution in [2.75, 3.05) is 14.2 Å². The Morgan fingerprint density at radius 1 is 1.06 bits per heavy atom. The fourth-order valence-corrected chi connectivity index (χ4v) is 4.40. The molecule has 9 heteroatoms. The van der Waals surface area contributed by atoms with E-state index in [0.717, 1.165) is 33.9 Å². The molecule has 0 unspecified atom stereocenters. The van der Waals surface area contributed by atoms with Gasteiger partial charge in [0.15, 0.2) is 11.0 Å². The fraction of sp³-hybridized carbons (Fsp3) is 0.261. The van der Waals surface area contributed by atoms with Gasteiger partial charge >= 0.3 is 0 Å². The highest BCUT2D eigenvalue weighted by molar-refractivity contribution is 7.98. The first-order valence-electron chi connectivity index (χ1n) is 10.1. The quantitative estimate of drug-likeness (QED) is 0.303. The summed E-state index contributed by atoms with van der Waals surface area (Å²) in [5.41, 5.74) is 2.11. The van der Waals surface area contributed by atoms with Crippen LogP contribution in [0.1, 0.15) is 22.9 Å². The minimum absolute atomic E-state index is 0.463. The number of halogens is 1. The van der Waals surface area contributed by atoms with E-state index in [2.05, 4.69) is 24.6 Å². The maximum atomic E-state index is 6.28. The lowest BCUT2D eigenvalue weighted by Gasteiger charge is -2.16. The van der Waals surface area contributed by atoms with Crippen LogP contribution in [0, 0.1) is 0 Å². The smallest absolute Gasteiger partial charge is 0.196 e. The van der Waals surface area contributed by atoms with E-state index >= 15 is 0 Å². The highest BCUT2D eigenvalue weighted by Gasteiger charge is 2.17. The van der Waals surface area contributed by atoms with E-state index in [9.17, 15) is 0 Å². The maximum Gasteiger partial charge on any atom is 0.196 e. The summed E-state index contributed by atoms with van der Waals surface area (Å²) in [4.78, 5) is 6.22. The molecule has 0 aliphatic heterocycles. The van der Waals surface area contributed by atoms with Gasteiger partial charge in [0.1, 0.15) is 18.1 Å². The van der Waals surface area contributed by atoms with Crippen molar-refractivity contribution >= 4 is 23.4 Å². The zero-order valence-corrected chi connectivity index (χ0v) is 19.5. The third-order valence-corrected chi connectivity index (χ3v) is 5.96. The van der Waals surface area contributed by atoms with E-state index in [-0.39, 0.29) is 0 Å². The average molecular weight is 470 g/mol. The number of pyridine rings is 1. The molecule has 3 aromatic heterocycles. The van der Waals surface area contributed by atoms with Crippen molar-refractivity contribution < 1.29 is 9.15 Å². The van der Waals surface area contributed by atoms with Crippen molar-refractivity contribution in [3.63, 3.8) is 0 Å². The molecule has 0 fully saturated rings. The monoisotopic (exact) mass is 469 g/mol. The molecule has 1 aromatic carbocycles. The van der Waals surface area contributed by atoms with E-state index in [1.54, 1.807) is 31.3 Å². The number of nitrogens with zero attached hydrogens (tertiary/aromatic N) is 5. The fourth-order valence-electron chi connectivity index (χ4n) is 3.29. The molecule has 0 radical (unpaired) electrons. The second-order valence-corrected chi connectivity index (χ2v) is 8.71. The molecule has 0 amide bonds. The topological polar surface area (TPSA) is 69.2 Å². The molecule has 0 N–H and O–H groups in total. The lowest BCUT2D eigenvalue weighted by molar-refractivity contribution is 0.160. The Morgan fingerprint density at radius 2 is 1.88 bits per heavy atom. The Kier molecular flexibility index (Phi) is 7.59. The molecule has 166 valence electrons. The van der Waals surface area contributed by atoms with Crippen LogP contribution in [0.4, 0.5) is 0 Å². The molecule has 4 aromatic rings. The van der Waals surface area contributed by atoms with E-state index in [1.165, 1.54) is 5.56 Å². The Labute approximate surface area is 196 Å². The van der Waals surface area contributed by atoms with Gasteiger partial charge in [-0.3, -0.25) is 14.5 Å². The molecular weight excluding hydrogens is 446 g/mol. The summed E-state index contributed by atoms with van der Waals surface area (Å²) in [6.45, 7) is 1.70. The summed E-state index contributed by atoms with van der Waals surface area (Å²) in [5.74, 6) is 3.29. The number of aromatic nitrogens is 4. The van der Waals surface area contributed by atoms with E-state index in [4.69, 9.17) is 20.8 Å². The number of benzene rings is 1. The van der Waals surface area contributed by atoms with Crippen molar-refractivity contribution in [2.24, 2.45) is 0 Å². The first kappa shape index (κ1) is 22.5. The van der Waals surface area contributed by atoms with Gasteiger partial charge in [-0.25, -0.2) is 0 Å². The number of furan rings is 1. The number of hydrogen-bond donors (Lipinski definition) is 0. The molecular formula is C23H24ClN5O2S. The van der Waals surface area contributed by atoms with E-state index in [1.807, 2.05) is 55.6 Å². The molecule has 0 saturated heterocycles. The van der Waals surface area contributed by atoms with Crippen molar-refractivity contribution in [3.8, 4) is 5.69 Å². The summed E-state index contributed by atoms with van der Waals surface area (Å²) >= 11 is 7.91. The number of ether oxygens (including phenoxy) is 1. The van der Waals surface area contributed by atoms with Gasteiger partial charge in [-0.15, -0.1) is 10.2 Å². The lowest BCUT2D eigenvalue weighted by atomic mass is 10.3. The Balaban J connectivity index is 1.54. The van der Waals surface area contributed by atoms with Gasteiger partial charge in [0.2, 0.25) is 0 Å². The minimum Gasteiger partial charge on any atom is -0.462 e. The van der Waals surface area contributed by atoms with Gasteiger partial charge in [-0.2, -0.15) is 0 Å². The van der Waals surface area contributed by atoms with Crippen molar-refractivity contribution in [1.29, 1.82) is 0 Å². The van der Waals surface area contributed by atoms with Crippen molar-refractivity contribution in [3.05, 3.63) is 88.9 Å². The zero-order chi connectivity index (χ0) is 22.3. The van der Waals surface area contributed by atoms with Crippen LogP contribution in [0.15, 0.2) is 70.5 Å². The van der Waals surface area contributed by atoms with Crippen molar-refractivity contribution in [1.82, 2.24) is 24.6 Å². The molecule has 0 saturated carbocycles. The predicted octanol–water partition coefficient (Wildman–Crippen LogP) is 4.98. The highest BCUT2D eigenvalue weighted by atomic mass is 35.5. The van der Waals surface area contributed by atoms with Gasteiger partial charge in [0.05, 0.1) is 18.8 Å².